The number of carbonyl (C=O) groups excluding carboxylic acids is 4. The summed E-state index contributed by atoms with van der Waals surface area (Å²) in [5.41, 5.74) is -1.35. The minimum atomic E-state index is -1.38. The third-order valence-corrected chi connectivity index (χ3v) is 5.53. The molecule has 1 aliphatic carbocycles. The lowest BCUT2D eigenvalue weighted by atomic mass is 9.76. The SMILES string of the molecule is CCC1C=C2C(=O)OC(=O)C2(C)CC2=C(C(=O)OC2=O)C(O)C1CC. The Hall–Kier alpha value is -2.28. The van der Waals surface area contributed by atoms with Gasteiger partial charge in [-0.25, -0.2) is 14.4 Å². The van der Waals surface area contributed by atoms with Crippen molar-refractivity contribution in [2.45, 2.75) is 46.1 Å². The molecule has 0 aromatic rings. The molecule has 7 heteroatoms. The first-order valence-electron chi connectivity index (χ1n) is 8.41. The van der Waals surface area contributed by atoms with Gasteiger partial charge in [0.05, 0.1) is 22.8 Å². The van der Waals surface area contributed by atoms with E-state index >= 15 is 0 Å². The van der Waals surface area contributed by atoms with Crippen molar-refractivity contribution in [3.63, 3.8) is 0 Å². The first-order chi connectivity index (χ1) is 11.7. The molecule has 0 radical (unpaired) electrons. The summed E-state index contributed by atoms with van der Waals surface area (Å²) < 4.78 is 9.47. The molecule has 1 fully saturated rings. The summed E-state index contributed by atoms with van der Waals surface area (Å²) in [7, 11) is 0. The number of aliphatic hydroxyl groups is 1. The predicted octanol–water partition coefficient (Wildman–Crippen LogP) is 1.20. The van der Waals surface area contributed by atoms with Crippen molar-refractivity contribution in [1.82, 2.24) is 0 Å². The van der Waals surface area contributed by atoms with E-state index in [1.54, 1.807) is 6.08 Å². The molecular formula is C18H20O7. The van der Waals surface area contributed by atoms with Crippen molar-refractivity contribution in [1.29, 1.82) is 0 Å². The molecule has 1 saturated heterocycles. The molecule has 0 saturated carbocycles. The quantitative estimate of drug-likeness (QED) is 0.590. The summed E-state index contributed by atoms with van der Waals surface area (Å²) in [6.07, 6.45) is 1.36. The van der Waals surface area contributed by atoms with E-state index in [1.807, 2.05) is 13.8 Å². The van der Waals surface area contributed by atoms with Gasteiger partial charge in [-0.2, -0.15) is 0 Å². The van der Waals surface area contributed by atoms with E-state index in [9.17, 15) is 24.3 Å². The van der Waals surface area contributed by atoms with Gasteiger partial charge in [0, 0.05) is 6.42 Å². The highest BCUT2D eigenvalue weighted by atomic mass is 16.6. The second-order valence-corrected chi connectivity index (χ2v) is 6.92. The van der Waals surface area contributed by atoms with Crippen molar-refractivity contribution < 1.29 is 33.8 Å². The molecule has 1 N–H and O–H groups in total. The molecule has 4 atom stereocenters. The van der Waals surface area contributed by atoms with Crippen LogP contribution in [0.5, 0.6) is 0 Å². The fourth-order valence-corrected chi connectivity index (χ4v) is 3.99. The first-order valence-corrected chi connectivity index (χ1v) is 8.41. The lowest BCUT2D eigenvalue weighted by Crippen LogP contribution is -2.31. The zero-order valence-corrected chi connectivity index (χ0v) is 14.3. The van der Waals surface area contributed by atoms with Gasteiger partial charge in [0.15, 0.2) is 0 Å². The minimum absolute atomic E-state index is 0.0484. The van der Waals surface area contributed by atoms with Crippen LogP contribution in [-0.2, 0) is 28.7 Å². The maximum Gasteiger partial charge on any atom is 0.345 e. The molecule has 3 aliphatic rings. The Morgan fingerprint density at radius 3 is 2.36 bits per heavy atom. The minimum Gasteiger partial charge on any atom is -0.389 e. The normalized spacial score (nSPS) is 35.4. The lowest BCUT2D eigenvalue weighted by molar-refractivity contribution is -0.154. The van der Waals surface area contributed by atoms with Gasteiger partial charge in [-0.3, -0.25) is 4.79 Å². The maximum atomic E-state index is 12.3. The number of aliphatic hydroxyl groups excluding tert-OH is 1. The molecule has 7 nitrogen and oxygen atoms in total. The van der Waals surface area contributed by atoms with Gasteiger partial charge < -0.3 is 14.6 Å². The van der Waals surface area contributed by atoms with Gasteiger partial charge in [0.2, 0.25) is 0 Å². The molecule has 4 unspecified atom stereocenters. The topological polar surface area (TPSA) is 107 Å². The zero-order valence-electron chi connectivity index (χ0n) is 14.3. The Bertz CT molecular complexity index is 745. The smallest absolute Gasteiger partial charge is 0.345 e. The van der Waals surface area contributed by atoms with E-state index in [-0.39, 0.29) is 29.1 Å². The Morgan fingerprint density at radius 1 is 1.08 bits per heavy atom. The van der Waals surface area contributed by atoms with Gasteiger partial charge in [-0.1, -0.05) is 19.9 Å². The number of hydrogen-bond acceptors (Lipinski definition) is 7. The van der Waals surface area contributed by atoms with Crippen molar-refractivity contribution in [2.75, 3.05) is 0 Å². The largest absolute Gasteiger partial charge is 0.389 e. The molecule has 25 heavy (non-hydrogen) atoms. The Kier molecular flexibility index (Phi) is 4.15. The van der Waals surface area contributed by atoms with Crippen molar-refractivity contribution >= 4 is 23.9 Å². The van der Waals surface area contributed by atoms with E-state index in [0.717, 1.165) is 0 Å². The molecule has 0 aromatic heterocycles. The van der Waals surface area contributed by atoms with Crippen molar-refractivity contribution in [3.05, 3.63) is 22.8 Å². The zero-order chi connectivity index (χ0) is 18.5. The van der Waals surface area contributed by atoms with Crippen LogP contribution in [0.4, 0.5) is 0 Å². The van der Waals surface area contributed by atoms with Crippen LogP contribution in [0.3, 0.4) is 0 Å². The van der Waals surface area contributed by atoms with Crippen LogP contribution in [0, 0.1) is 17.3 Å². The highest BCUT2D eigenvalue weighted by Gasteiger charge is 2.54. The number of cyclic esters (lactones) is 4. The summed E-state index contributed by atoms with van der Waals surface area (Å²) >= 11 is 0. The molecule has 0 spiro atoms. The number of carbonyl (C=O) groups is 4. The van der Waals surface area contributed by atoms with Crippen molar-refractivity contribution in [2.24, 2.45) is 17.3 Å². The van der Waals surface area contributed by atoms with Crippen LogP contribution in [0.15, 0.2) is 22.8 Å². The number of rotatable bonds is 2. The fraction of sp³-hybridized carbons (Fsp3) is 0.556. The molecule has 0 bridgehead atoms. The average molecular weight is 348 g/mol. The summed E-state index contributed by atoms with van der Waals surface area (Å²) in [6.45, 7) is 5.26. The molecule has 2 aliphatic heterocycles. The van der Waals surface area contributed by atoms with Crippen LogP contribution in [-0.4, -0.2) is 35.1 Å². The van der Waals surface area contributed by atoms with Crippen LogP contribution in [0.2, 0.25) is 0 Å². The van der Waals surface area contributed by atoms with Gasteiger partial charge in [0.25, 0.3) is 0 Å². The maximum absolute atomic E-state index is 12.3. The fourth-order valence-electron chi connectivity index (χ4n) is 3.99. The number of fused-ring (bicyclic) bond motifs is 1. The van der Waals surface area contributed by atoms with Crippen LogP contribution < -0.4 is 0 Å². The molecule has 2 heterocycles. The summed E-state index contributed by atoms with van der Waals surface area (Å²) in [6, 6.07) is 0. The van der Waals surface area contributed by atoms with E-state index in [2.05, 4.69) is 4.74 Å². The van der Waals surface area contributed by atoms with E-state index < -0.39 is 41.3 Å². The van der Waals surface area contributed by atoms with Gasteiger partial charge in [-0.15, -0.1) is 0 Å². The number of esters is 4. The molecule has 134 valence electrons. The highest BCUT2D eigenvalue weighted by molar-refractivity contribution is 6.15. The Morgan fingerprint density at radius 2 is 1.76 bits per heavy atom. The number of allylic oxidation sites excluding steroid dienone is 1. The van der Waals surface area contributed by atoms with E-state index in [1.165, 1.54) is 6.92 Å². The average Bonchev–Trinajstić information content (AvgIpc) is 2.94. The summed E-state index contributed by atoms with van der Waals surface area (Å²) in [5.74, 6) is -3.92. The second-order valence-electron chi connectivity index (χ2n) is 6.92. The summed E-state index contributed by atoms with van der Waals surface area (Å²) in [4.78, 5) is 48.8. The van der Waals surface area contributed by atoms with Crippen molar-refractivity contribution in [3.8, 4) is 0 Å². The Labute approximate surface area is 144 Å². The Balaban J connectivity index is 2.26. The predicted molar refractivity (Wildman–Crippen MR) is 83.6 cm³/mol. The van der Waals surface area contributed by atoms with Crippen LogP contribution in [0.1, 0.15) is 40.0 Å². The monoisotopic (exact) mass is 348 g/mol. The van der Waals surface area contributed by atoms with Crippen LogP contribution >= 0.6 is 0 Å². The highest BCUT2D eigenvalue weighted by Crippen LogP contribution is 2.47. The molecule has 3 rings (SSSR count). The standard InChI is InChI=1S/C18H20O7/c1-4-8-6-11-15(21)25-17(23)18(11,3)7-10-12(13(19)9(8)5-2)16(22)24-14(10)20/h6,8-9,13,19H,4-5,7H2,1-3H3. The van der Waals surface area contributed by atoms with Gasteiger partial charge in [0.1, 0.15) is 5.41 Å². The summed E-state index contributed by atoms with van der Waals surface area (Å²) in [5, 5.41) is 10.8. The molecule has 0 amide bonds. The number of ether oxygens (including phenoxy) is 2. The van der Waals surface area contributed by atoms with Gasteiger partial charge >= 0.3 is 23.9 Å². The second kappa shape index (κ2) is 5.91. The number of hydrogen-bond donors (Lipinski definition) is 1. The molecular weight excluding hydrogens is 328 g/mol. The third-order valence-electron chi connectivity index (χ3n) is 5.53. The van der Waals surface area contributed by atoms with E-state index in [0.29, 0.717) is 12.8 Å². The van der Waals surface area contributed by atoms with E-state index in [4.69, 9.17) is 4.74 Å². The first kappa shape index (κ1) is 17.5. The van der Waals surface area contributed by atoms with Gasteiger partial charge in [-0.05, 0) is 31.6 Å². The molecule has 0 aromatic carbocycles. The third kappa shape index (κ3) is 2.45. The van der Waals surface area contributed by atoms with Crippen LogP contribution in [0.25, 0.3) is 0 Å². The lowest BCUT2D eigenvalue weighted by Gasteiger charge is -2.27.